The Morgan fingerprint density at radius 1 is 0.963 bits per heavy atom. The van der Waals surface area contributed by atoms with E-state index in [1.54, 1.807) is 48.5 Å². The minimum atomic E-state index is -0.364. The first-order chi connectivity index (χ1) is 12.9. The van der Waals surface area contributed by atoms with Gasteiger partial charge in [0.2, 0.25) is 17.7 Å². The molecule has 0 saturated heterocycles. The van der Waals surface area contributed by atoms with Crippen molar-refractivity contribution in [2.75, 3.05) is 28.7 Å². The van der Waals surface area contributed by atoms with Crippen LogP contribution in [-0.4, -0.2) is 30.9 Å². The highest BCUT2D eigenvalue weighted by molar-refractivity contribution is 6.03. The molecule has 0 heterocycles. The highest BCUT2D eigenvalue weighted by Gasteiger charge is 2.19. The Hall–Kier alpha value is -3.35. The minimum Gasteiger partial charge on any atom is -0.492 e. The van der Waals surface area contributed by atoms with Crippen LogP contribution in [0.1, 0.15) is 20.8 Å². The van der Waals surface area contributed by atoms with Crippen molar-refractivity contribution in [2.24, 2.45) is 0 Å². The third-order valence-electron chi connectivity index (χ3n) is 3.60. The second-order valence-corrected chi connectivity index (χ2v) is 5.82. The van der Waals surface area contributed by atoms with E-state index in [9.17, 15) is 14.4 Å². The predicted octanol–water partition coefficient (Wildman–Crippen LogP) is 3.04. The average molecular weight is 369 g/mol. The minimum absolute atomic E-state index is 0.163. The standard InChI is InChI=1S/C20H23N3O4/c1-4-27-19-11-6-5-10-18(19)23(15(3)25)13-20(26)22-17-9-7-8-16(12-17)21-14(2)24/h5-12H,4,13H2,1-3H3,(H,21,24)(H,22,26). The largest absolute Gasteiger partial charge is 0.492 e. The van der Waals surface area contributed by atoms with E-state index in [2.05, 4.69) is 10.6 Å². The molecule has 7 nitrogen and oxygen atoms in total. The lowest BCUT2D eigenvalue weighted by Crippen LogP contribution is -2.37. The zero-order valence-corrected chi connectivity index (χ0v) is 15.6. The van der Waals surface area contributed by atoms with Crippen LogP contribution in [0, 0.1) is 0 Å². The normalized spacial score (nSPS) is 10.0. The van der Waals surface area contributed by atoms with Crippen molar-refractivity contribution >= 4 is 34.8 Å². The SMILES string of the molecule is CCOc1ccccc1N(CC(=O)Nc1cccc(NC(C)=O)c1)C(C)=O. The zero-order chi connectivity index (χ0) is 19.8. The predicted molar refractivity (Wildman–Crippen MR) is 105 cm³/mol. The van der Waals surface area contributed by atoms with Crippen LogP contribution >= 0.6 is 0 Å². The first-order valence-electron chi connectivity index (χ1n) is 8.58. The number of amides is 3. The van der Waals surface area contributed by atoms with E-state index >= 15 is 0 Å². The molecule has 0 aliphatic carbocycles. The molecule has 3 amide bonds. The number of para-hydroxylation sites is 2. The number of carbonyl (C=O) groups excluding carboxylic acids is 3. The Bertz CT molecular complexity index is 835. The second kappa shape index (κ2) is 9.38. The van der Waals surface area contributed by atoms with E-state index in [0.29, 0.717) is 29.4 Å². The van der Waals surface area contributed by atoms with E-state index < -0.39 is 0 Å². The van der Waals surface area contributed by atoms with Gasteiger partial charge < -0.3 is 15.4 Å². The molecule has 142 valence electrons. The molecule has 2 aromatic rings. The molecule has 0 radical (unpaired) electrons. The number of ether oxygens (including phenoxy) is 1. The van der Waals surface area contributed by atoms with E-state index in [1.165, 1.54) is 18.7 Å². The second-order valence-electron chi connectivity index (χ2n) is 5.82. The molecule has 2 aromatic carbocycles. The van der Waals surface area contributed by atoms with Gasteiger partial charge in [-0.2, -0.15) is 0 Å². The van der Waals surface area contributed by atoms with E-state index in [4.69, 9.17) is 4.74 Å². The Morgan fingerprint density at radius 3 is 2.26 bits per heavy atom. The topological polar surface area (TPSA) is 87.7 Å². The number of anilines is 3. The van der Waals surface area contributed by atoms with Crippen molar-refractivity contribution in [2.45, 2.75) is 20.8 Å². The van der Waals surface area contributed by atoms with Gasteiger partial charge in [-0.05, 0) is 37.3 Å². The van der Waals surface area contributed by atoms with Crippen LogP contribution in [0.5, 0.6) is 5.75 Å². The van der Waals surface area contributed by atoms with Gasteiger partial charge in [-0.25, -0.2) is 0 Å². The van der Waals surface area contributed by atoms with Crippen molar-refractivity contribution in [3.63, 3.8) is 0 Å². The van der Waals surface area contributed by atoms with Gasteiger partial charge in [-0.15, -0.1) is 0 Å². The number of rotatable bonds is 7. The highest BCUT2D eigenvalue weighted by atomic mass is 16.5. The molecule has 7 heteroatoms. The fourth-order valence-electron chi connectivity index (χ4n) is 2.55. The first-order valence-corrected chi connectivity index (χ1v) is 8.58. The third kappa shape index (κ3) is 5.85. The number of benzene rings is 2. The van der Waals surface area contributed by atoms with Gasteiger partial charge in [0.15, 0.2) is 0 Å². The summed E-state index contributed by atoms with van der Waals surface area (Å²) in [5.41, 5.74) is 1.63. The maximum atomic E-state index is 12.5. The van der Waals surface area contributed by atoms with Crippen LogP contribution in [0.4, 0.5) is 17.1 Å². The Labute approximate surface area is 158 Å². The molecule has 0 bridgehead atoms. The molecule has 0 unspecified atom stereocenters. The number of nitrogens with zero attached hydrogens (tertiary/aromatic N) is 1. The number of carbonyl (C=O) groups is 3. The number of hydrogen-bond donors (Lipinski definition) is 2. The molecule has 0 saturated carbocycles. The summed E-state index contributed by atoms with van der Waals surface area (Å²) in [4.78, 5) is 37.1. The summed E-state index contributed by atoms with van der Waals surface area (Å²) in [5, 5.41) is 5.39. The molecule has 2 rings (SSSR count). The van der Waals surface area contributed by atoms with E-state index in [0.717, 1.165) is 0 Å². The number of nitrogens with one attached hydrogen (secondary N) is 2. The fraction of sp³-hybridized carbons (Fsp3) is 0.250. The van der Waals surface area contributed by atoms with Crippen LogP contribution < -0.4 is 20.3 Å². The van der Waals surface area contributed by atoms with Gasteiger partial charge in [0.05, 0.1) is 12.3 Å². The zero-order valence-electron chi connectivity index (χ0n) is 15.6. The van der Waals surface area contributed by atoms with Gasteiger partial charge in [-0.1, -0.05) is 18.2 Å². The molecular weight excluding hydrogens is 346 g/mol. The van der Waals surface area contributed by atoms with Crippen LogP contribution in [0.3, 0.4) is 0 Å². The van der Waals surface area contributed by atoms with Gasteiger partial charge in [0.1, 0.15) is 12.3 Å². The lowest BCUT2D eigenvalue weighted by molar-refractivity contribution is -0.120. The van der Waals surface area contributed by atoms with Crippen molar-refractivity contribution < 1.29 is 19.1 Å². The van der Waals surface area contributed by atoms with Crippen LogP contribution in [0.15, 0.2) is 48.5 Å². The quantitative estimate of drug-likeness (QED) is 0.785. The fourth-order valence-corrected chi connectivity index (χ4v) is 2.55. The molecular formula is C20H23N3O4. The van der Waals surface area contributed by atoms with Crippen molar-refractivity contribution in [3.05, 3.63) is 48.5 Å². The summed E-state index contributed by atoms with van der Waals surface area (Å²) in [7, 11) is 0. The smallest absolute Gasteiger partial charge is 0.244 e. The molecule has 27 heavy (non-hydrogen) atoms. The monoisotopic (exact) mass is 369 g/mol. The molecule has 2 N–H and O–H groups in total. The third-order valence-corrected chi connectivity index (χ3v) is 3.60. The maximum absolute atomic E-state index is 12.5. The lowest BCUT2D eigenvalue weighted by Gasteiger charge is -2.23. The van der Waals surface area contributed by atoms with Crippen LogP contribution in [-0.2, 0) is 14.4 Å². The van der Waals surface area contributed by atoms with Gasteiger partial charge in [0, 0.05) is 25.2 Å². The summed E-state index contributed by atoms with van der Waals surface area (Å²) in [6, 6.07) is 13.9. The summed E-state index contributed by atoms with van der Waals surface area (Å²) >= 11 is 0. The first kappa shape index (κ1) is 20.0. The van der Waals surface area contributed by atoms with Crippen LogP contribution in [0.2, 0.25) is 0 Å². The van der Waals surface area contributed by atoms with E-state index in [1.807, 2.05) is 6.92 Å². The molecule has 0 aliphatic heterocycles. The summed E-state index contributed by atoms with van der Waals surface area (Å²) < 4.78 is 5.55. The van der Waals surface area contributed by atoms with Gasteiger partial charge in [0.25, 0.3) is 0 Å². The van der Waals surface area contributed by atoms with Gasteiger partial charge in [-0.3, -0.25) is 19.3 Å². The molecule has 0 spiro atoms. The maximum Gasteiger partial charge on any atom is 0.244 e. The Kier molecular flexibility index (Phi) is 6.93. The highest BCUT2D eigenvalue weighted by Crippen LogP contribution is 2.28. The lowest BCUT2D eigenvalue weighted by atomic mass is 10.2. The summed E-state index contributed by atoms with van der Waals surface area (Å²) in [5.74, 6) is -0.301. The summed E-state index contributed by atoms with van der Waals surface area (Å²) in [6.45, 7) is 4.94. The van der Waals surface area contributed by atoms with E-state index in [-0.39, 0.29) is 24.3 Å². The number of hydrogen-bond acceptors (Lipinski definition) is 4. The molecule has 0 atom stereocenters. The van der Waals surface area contributed by atoms with Crippen molar-refractivity contribution in [1.82, 2.24) is 0 Å². The Morgan fingerprint density at radius 2 is 1.63 bits per heavy atom. The summed E-state index contributed by atoms with van der Waals surface area (Å²) in [6.07, 6.45) is 0. The molecule has 0 fully saturated rings. The van der Waals surface area contributed by atoms with Crippen LogP contribution in [0.25, 0.3) is 0 Å². The average Bonchev–Trinajstić information content (AvgIpc) is 2.60. The van der Waals surface area contributed by atoms with Gasteiger partial charge >= 0.3 is 0 Å². The molecule has 0 aliphatic rings. The van der Waals surface area contributed by atoms with Crippen molar-refractivity contribution in [3.8, 4) is 5.75 Å². The Balaban J connectivity index is 2.14. The van der Waals surface area contributed by atoms with Crippen molar-refractivity contribution in [1.29, 1.82) is 0 Å². The molecule has 0 aromatic heterocycles.